The van der Waals surface area contributed by atoms with E-state index < -0.39 is 8.07 Å². The van der Waals surface area contributed by atoms with E-state index in [-0.39, 0.29) is 6.04 Å². The lowest BCUT2D eigenvalue weighted by molar-refractivity contribution is 0.0909. The van der Waals surface area contributed by atoms with Gasteiger partial charge in [0.1, 0.15) is 29.9 Å². The average molecular weight is 521 g/mol. The molecule has 5 heterocycles. The second-order valence-electron chi connectivity index (χ2n) is 10.6. The minimum Gasteiger partial charge on any atom is -0.476 e. The van der Waals surface area contributed by atoms with E-state index in [1.807, 2.05) is 24.6 Å². The van der Waals surface area contributed by atoms with E-state index in [4.69, 9.17) is 25.3 Å². The van der Waals surface area contributed by atoms with Crippen LogP contribution in [-0.4, -0.2) is 46.7 Å². The molecule has 0 aliphatic carbocycles. The third-order valence-electron chi connectivity index (χ3n) is 6.42. The van der Waals surface area contributed by atoms with Gasteiger partial charge in [-0.3, -0.25) is 0 Å². The summed E-state index contributed by atoms with van der Waals surface area (Å²) in [6.07, 6.45) is 1.80. The number of aryl methyl sites for hydroxylation is 2. The molecule has 0 aromatic carbocycles. The molecule has 8 nitrogen and oxygen atoms in total. The summed E-state index contributed by atoms with van der Waals surface area (Å²) in [7, 11) is -1.24. The van der Waals surface area contributed by atoms with Gasteiger partial charge in [-0.2, -0.15) is 10.4 Å². The first-order valence-electron chi connectivity index (χ1n) is 12.2. The molecule has 0 saturated carbocycles. The number of fused-ring (bicyclic) bond motifs is 2. The standard InChI is InChI=1S/C26H32N6O2SSi/c1-16-11-20(21(12-27)35-16)23-19-7-6-8-29-25(19)31(15-33-9-10-36(3,4)5)24(23)22-17(2)30-32-13-18(28)14-34-26(22)32/h6-8,11,18H,9-10,13-15,28H2,1-5H3/t18-/m0/s1. The molecule has 36 heavy (non-hydrogen) atoms. The summed E-state index contributed by atoms with van der Waals surface area (Å²) in [4.78, 5) is 6.53. The van der Waals surface area contributed by atoms with Crippen molar-refractivity contribution in [2.75, 3.05) is 13.2 Å². The highest BCUT2D eigenvalue weighted by Crippen LogP contribution is 2.47. The zero-order valence-electron chi connectivity index (χ0n) is 21.5. The Bertz CT molecular complexity index is 1470. The van der Waals surface area contributed by atoms with E-state index in [9.17, 15) is 5.26 Å². The van der Waals surface area contributed by atoms with Crippen molar-refractivity contribution < 1.29 is 9.47 Å². The molecule has 0 radical (unpaired) electrons. The number of pyridine rings is 1. The zero-order chi connectivity index (χ0) is 25.6. The van der Waals surface area contributed by atoms with Crippen molar-refractivity contribution in [2.24, 2.45) is 5.73 Å². The lowest BCUT2D eigenvalue weighted by Gasteiger charge is -2.22. The molecule has 0 bridgehead atoms. The highest BCUT2D eigenvalue weighted by Gasteiger charge is 2.32. The van der Waals surface area contributed by atoms with Crippen LogP contribution in [0.1, 0.15) is 15.4 Å². The number of nitriles is 1. The number of hydrogen-bond donors (Lipinski definition) is 1. The second-order valence-corrected chi connectivity index (χ2v) is 17.5. The van der Waals surface area contributed by atoms with Crippen molar-refractivity contribution >= 4 is 30.4 Å². The number of nitrogens with two attached hydrogens (primary N) is 1. The Hall–Kier alpha value is -2.97. The van der Waals surface area contributed by atoms with E-state index in [0.29, 0.717) is 37.2 Å². The minimum absolute atomic E-state index is 0.105. The van der Waals surface area contributed by atoms with Crippen molar-refractivity contribution in [1.82, 2.24) is 19.3 Å². The third kappa shape index (κ3) is 4.48. The van der Waals surface area contributed by atoms with E-state index >= 15 is 0 Å². The van der Waals surface area contributed by atoms with E-state index in [1.165, 1.54) is 11.3 Å². The lowest BCUT2D eigenvalue weighted by atomic mass is 9.99. The fraction of sp³-hybridized carbons (Fsp3) is 0.423. The summed E-state index contributed by atoms with van der Waals surface area (Å²) < 4.78 is 16.4. The first-order valence-corrected chi connectivity index (χ1v) is 16.7. The number of hydrogen-bond acceptors (Lipinski definition) is 7. The normalized spacial score (nSPS) is 15.6. The second kappa shape index (κ2) is 9.48. The van der Waals surface area contributed by atoms with Gasteiger partial charge in [0.2, 0.25) is 5.88 Å². The molecule has 2 N–H and O–H groups in total. The monoisotopic (exact) mass is 520 g/mol. The van der Waals surface area contributed by atoms with Crippen LogP contribution in [-0.2, 0) is 18.0 Å². The summed E-state index contributed by atoms with van der Waals surface area (Å²) in [5.74, 6) is 0.701. The molecule has 0 saturated heterocycles. The first kappa shape index (κ1) is 24.7. The smallest absolute Gasteiger partial charge is 0.221 e. The molecule has 10 heteroatoms. The van der Waals surface area contributed by atoms with Gasteiger partial charge in [-0.1, -0.05) is 19.6 Å². The number of nitrogens with zero attached hydrogens (tertiary/aromatic N) is 5. The third-order valence-corrected chi connectivity index (χ3v) is 9.08. The highest BCUT2D eigenvalue weighted by molar-refractivity contribution is 7.13. The molecule has 0 spiro atoms. The van der Waals surface area contributed by atoms with Crippen LogP contribution in [0.15, 0.2) is 24.4 Å². The molecule has 1 aliphatic heterocycles. The van der Waals surface area contributed by atoms with Gasteiger partial charge in [0.15, 0.2) is 0 Å². The van der Waals surface area contributed by atoms with Crippen LogP contribution < -0.4 is 10.5 Å². The van der Waals surface area contributed by atoms with Gasteiger partial charge in [-0.25, -0.2) is 9.67 Å². The van der Waals surface area contributed by atoms with Crippen LogP contribution in [0.3, 0.4) is 0 Å². The summed E-state index contributed by atoms with van der Waals surface area (Å²) in [5.41, 5.74) is 11.5. The van der Waals surface area contributed by atoms with Crippen molar-refractivity contribution in [2.45, 2.75) is 58.9 Å². The van der Waals surface area contributed by atoms with Gasteiger partial charge in [0, 0.05) is 42.3 Å². The Morgan fingerprint density at radius 1 is 1.31 bits per heavy atom. The number of rotatable bonds is 7. The maximum Gasteiger partial charge on any atom is 0.221 e. The molecule has 1 atom stereocenters. The lowest BCUT2D eigenvalue weighted by Crippen LogP contribution is -2.37. The summed E-state index contributed by atoms with van der Waals surface area (Å²) in [6, 6.07) is 9.47. The van der Waals surface area contributed by atoms with Gasteiger partial charge in [0.25, 0.3) is 0 Å². The SMILES string of the molecule is Cc1cc(-c2c(-c3c(C)nn4c3OC[C@@H](N)C4)n(COCC[Si](C)(C)C)c3ncccc23)c(C#N)s1. The van der Waals surface area contributed by atoms with Crippen molar-refractivity contribution in [3.8, 4) is 34.3 Å². The van der Waals surface area contributed by atoms with Crippen LogP contribution in [0.25, 0.3) is 33.4 Å². The van der Waals surface area contributed by atoms with Crippen LogP contribution >= 0.6 is 11.3 Å². The molecule has 4 aromatic heterocycles. The first-order chi connectivity index (χ1) is 17.2. The average Bonchev–Trinajstić information content (AvgIpc) is 3.45. The molecular formula is C26H32N6O2SSi. The molecule has 5 rings (SSSR count). The van der Waals surface area contributed by atoms with Crippen molar-refractivity contribution in [3.05, 3.63) is 39.8 Å². The zero-order valence-corrected chi connectivity index (χ0v) is 23.3. The molecule has 1 aliphatic rings. The van der Waals surface area contributed by atoms with E-state index in [1.54, 1.807) is 6.20 Å². The fourth-order valence-electron chi connectivity index (χ4n) is 4.72. The summed E-state index contributed by atoms with van der Waals surface area (Å²) in [6.45, 7) is 13.1. The van der Waals surface area contributed by atoms with Crippen LogP contribution in [0.2, 0.25) is 25.7 Å². The Kier molecular flexibility index (Phi) is 6.51. The topological polar surface area (TPSA) is 104 Å². The molecule has 0 unspecified atom stereocenters. The predicted molar refractivity (Wildman–Crippen MR) is 146 cm³/mol. The van der Waals surface area contributed by atoms with Crippen molar-refractivity contribution in [3.63, 3.8) is 0 Å². The van der Waals surface area contributed by atoms with Gasteiger partial charge < -0.3 is 19.8 Å². The minimum atomic E-state index is -1.24. The maximum atomic E-state index is 9.98. The Labute approximate surface area is 216 Å². The van der Waals surface area contributed by atoms with Crippen LogP contribution in [0, 0.1) is 25.2 Å². The number of thiophene rings is 1. The van der Waals surface area contributed by atoms with Gasteiger partial charge in [0.05, 0.1) is 29.5 Å². The van der Waals surface area contributed by atoms with Crippen LogP contribution in [0.4, 0.5) is 0 Å². The Morgan fingerprint density at radius 2 is 2.11 bits per heavy atom. The number of ether oxygens (including phenoxy) is 2. The van der Waals surface area contributed by atoms with Gasteiger partial charge in [-0.15, -0.1) is 11.3 Å². The largest absolute Gasteiger partial charge is 0.476 e. The molecule has 0 amide bonds. The predicted octanol–water partition coefficient (Wildman–Crippen LogP) is 5.15. The molecule has 4 aromatic rings. The van der Waals surface area contributed by atoms with E-state index in [0.717, 1.165) is 50.0 Å². The summed E-state index contributed by atoms with van der Waals surface area (Å²) >= 11 is 1.50. The fourth-order valence-corrected chi connectivity index (χ4v) is 6.29. The quantitative estimate of drug-likeness (QED) is 0.267. The van der Waals surface area contributed by atoms with Crippen LogP contribution in [0.5, 0.6) is 5.88 Å². The maximum absolute atomic E-state index is 9.98. The Balaban J connectivity index is 1.76. The highest BCUT2D eigenvalue weighted by atomic mass is 32.1. The molecule has 188 valence electrons. The van der Waals surface area contributed by atoms with Crippen molar-refractivity contribution in [1.29, 1.82) is 5.26 Å². The van der Waals surface area contributed by atoms with E-state index in [2.05, 4.69) is 42.4 Å². The van der Waals surface area contributed by atoms with Gasteiger partial charge in [-0.05, 0) is 38.1 Å². The van der Waals surface area contributed by atoms with Gasteiger partial charge >= 0.3 is 0 Å². The summed E-state index contributed by atoms with van der Waals surface area (Å²) in [5, 5.41) is 15.7. The Morgan fingerprint density at radius 3 is 2.86 bits per heavy atom. The number of aromatic nitrogens is 4. The molecular weight excluding hydrogens is 488 g/mol. The molecule has 0 fully saturated rings.